The Morgan fingerprint density at radius 2 is 2.00 bits per heavy atom. The minimum atomic E-state index is -1.18. The molecule has 0 aromatic heterocycles. The van der Waals surface area contributed by atoms with E-state index in [0.717, 1.165) is 4.90 Å². The van der Waals surface area contributed by atoms with Crippen molar-refractivity contribution in [3.8, 4) is 0 Å². The van der Waals surface area contributed by atoms with E-state index >= 15 is 0 Å². The highest BCUT2D eigenvalue weighted by molar-refractivity contribution is 6.07. The maximum atomic E-state index is 11.5. The number of hydrogen-bond donors (Lipinski definition) is 3. The Kier molecular flexibility index (Phi) is 3.59. The maximum Gasteiger partial charge on any atom is 0.325 e. The van der Waals surface area contributed by atoms with E-state index in [0.29, 0.717) is 0 Å². The Labute approximate surface area is 103 Å². The summed E-state index contributed by atoms with van der Waals surface area (Å²) in [5.74, 6) is -2.31. The molecule has 0 aliphatic carbocycles. The lowest BCUT2D eigenvalue weighted by Gasteiger charge is -2.27. The SMILES string of the molecule is C[C@H](NC(=O)CN1C(=O)NC(=O)C1(C)C)C(=O)O. The van der Waals surface area contributed by atoms with Crippen LogP contribution in [0.4, 0.5) is 4.79 Å². The summed E-state index contributed by atoms with van der Waals surface area (Å²) < 4.78 is 0. The van der Waals surface area contributed by atoms with Gasteiger partial charge in [-0.1, -0.05) is 0 Å². The van der Waals surface area contributed by atoms with Gasteiger partial charge in [-0.05, 0) is 20.8 Å². The number of imide groups is 1. The Morgan fingerprint density at radius 1 is 1.44 bits per heavy atom. The molecule has 0 bridgehead atoms. The number of aliphatic carboxylic acids is 1. The molecule has 8 nitrogen and oxygen atoms in total. The van der Waals surface area contributed by atoms with Crippen molar-refractivity contribution in [3.63, 3.8) is 0 Å². The lowest BCUT2D eigenvalue weighted by molar-refractivity contribution is -0.141. The molecule has 1 heterocycles. The second kappa shape index (κ2) is 4.63. The number of carboxylic acids is 1. The summed E-state index contributed by atoms with van der Waals surface area (Å²) in [6.45, 7) is 3.94. The molecular formula is C10H15N3O5. The molecule has 100 valence electrons. The summed E-state index contributed by atoms with van der Waals surface area (Å²) in [5, 5.41) is 12.9. The summed E-state index contributed by atoms with van der Waals surface area (Å²) in [6, 6.07) is -1.72. The second-order valence-corrected chi connectivity index (χ2v) is 4.53. The van der Waals surface area contributed by atoms with Crippen molar-refractivity contribution in [2.24, 2.45) is 0 Å². The van der Waals surface area contributed by atoms with Gasteiger partial charge in [0.1, 0.15) is 18.1 Å². The van der Waals surface area contributed by atoms with Crippen molar-refractivity contribution in [1.29, 1.82) is 0 Å². The van der Waals surface area contributed by atoms with Gasteiger partial charge in [0.15, 0.2) is 0 Å². The largest absolute Gasteiger partial charge is 0.480 e. The third-order valence-electron chi connectivity index (χ3n) is 2.75. The molecule has 0 spiro atoms. The minimum absolute atomic E-state index is 0.373. The fourth-order valence-corrected chi connectivity index (χ4v) is 1.46. The molecule has 8 heteroatoms. The van der Waals surface area contributed by atoms with Crippen LogP contribution in [-0.2, 0) is 14.4 Å². The molecule has 1 rings (SSSR count). The molecule has 0 aromatic rings. The van der Waals surface area contributed by atoms with E-state index in [1.165, 1.54) is 20.8 Å². The van der Waals surface area contributed by atoms with Gasteiger partial charge in [0.25, 0.3) is 5.91 Å². The van der Waals surface area contributed by atoms with E-state index in [4.69, 9.17) is 5.11 Å². The van der Waals surface area contributed by atoms with E-state index in [9.17, 15) is 19.2 Å². The molecule has 0 saturated carbocycles. The molecule has 1 atom stereocenters. The summed E-state index contributed by atoms with van der Waals surface area (Å²) in [4.78, 5) is 46.0. The van der Waals surface area contributed by atoms with Crippen molar-refractivity contribution >= 4 is 23.8 Å². The normalized spacial score (nSPS) is 19.4. The number of nitrogens with zero attached hydrogens (tertiary/aromatic N) is 1. The number of rotatable bonds is 4. The van der Waals surface area contributed by atoms with Gasteiger partial charge >= 0.3 is 12.0 Å². The molecule has 0 radical (unpaired) electrons. The van der Waals surface area contributed by atoms with Crippen LogP contribution < -0.4 is 10.6 Å². The summed E-state index contributed by atoms with van der Waals surface area (Å²) in [5.41, 5.74) is -1.12. The Balaban J connectivity index is 2.68. The van der Waals surface area contributed by atoms with Crippen LogP contribution in [0.3, 0.4) is 0 Å². The highest BCUT2D eigenvalue weighted by Gasteiger charge is 2.46. The summed E-state index contributed by atoms with van der Waals surface area (Å²) in [6.07, 6.45) is 0. The lowest BCUT2D eigenvalue weighted by Crippen LogP contribution is -2.50. The van der Waals surface area contributed by atoms with Crippen LogP contribution in [0.15, 0.2) is 0 Å². The fraction of sp³-hybridized carbons (Fsp3) is 0.600. The van der Waals surface area contributed by atoms with Crippen molar-refractivity contribution in [1.82, 2.24) is 15.5 Å². The van der Waals surface area contributed by atoms with Crippen molar-refractivity contribution < 1.29 is 24.3 Å². The van der Waals surface area contributed by atoms with Gasteiger partial charge in [0.05, 0.1) is 0 Å². The van der Waals surface area contributed by atoms with Crippen LogP contribution in [0.5, 0.6) is 0 Å². The Morgan fingerprint density at radius 3 is 2.39 bits per heavy atom. The monoisotopic (exact) mass is 257 g/mol. The third-order valence-corrected chi connectivity index (χ3v) is 2.75. The summed E-state index contributed by atoms with van der Waals surface area (Å²) in [7, 11) is 0. The first-order valence-electron chi connectivity index (χ1n) is 5.31. The number of carbonyl (C=O) groups excluding carboxylic acids is 3. The zero-order valence-corrected chi connectivity index (χ0v) is 10.3. The minimum Gasteiger partial charge on any atom is -0.480 e. The quantitative estimate of drug-likeness (QED) is 0.553. The lowest BCUT2D eigenvalue weighted by atomic mass is 10.0. The Hall–Kier alpha value is -2.12. The first kappa shape index (κ1) is 13.9. The van der Waals surface area contributed by atoms with E-state index in [1.54, 1.807) is 0 Å². The van der Waals surface area contributed by atoms with Crippen molar-refractivity contribution in [2.45, 2.75) is 32.4 Å². The number of carbonyl (C=O) groups is 4. The van der Waals surface area contributed by atoms with E-state index < -0.39 is 35.4 Å². The number of hydrogen-bond acceptors (Lipinski definition) is 4. The predicted octanol–water partition coefficient (Wildman–Crippen LogP) is -1.09. The molecule has 0 aromatic carbocycles. The van der Waals surface area contributed by atoms with E-state index in [2.05, 4.69) is 10.6 Å². The molecule has 1 saturated heterocycles. The standard InChI is InChI=1S/C10H15N3O5/c1-5(7(15)16)11-6(14)4-13-9(18)12-8(17)10(13,2)3/h5H,4H2,1-3H3,(H,11,14)(H,15,16)(H,12,17,18)/t5-/m0/s1. The van der Waals surface area contributed by atoms with Crippen molar-refractivity contribution in [3.05, 3.63) is 0 Å². The highest BCUT2D eigenvalue weighted by Crippen LogP contribution is 2.19. The van der Waals surface area contributed by atoms with Gasteiger partial charge in [-0.3, -0.25) is 19.7 Å². The first-order chi connectivity index (χ1) is 8.16. The van der Waals surface area contributed by atoms with Crippen LogP contribution >= 0.6 is 0 Å². The zero-order chi connectivity index (χ0) is 14.1. The van der Waals surface area contributed by atoms with E-state index in [1.807, 2.05) is 0 Å². The summed E-state index contributed by atoms with van der Waals surface area (Å²) >= 11 is 0. The predicted molar refractivity (Wildman–Crippen MR) is 59.6 cm³/mol. The van der Waals surface area contributed by atoms with Gasteiger partial charge < -0.3 is 15.3 Å². The first-order valence-corrected chi connectivity index (χ1v) is 5.31. The fourth-order valence-electron chi connectivity index (χ4n) is 1.46. The molecule has 1 aliphatic rings. The molecule has 4 amide bonds. The van der Waals surface area contributed by atoms with E-state index in [-0.39, 0.29) is 6.54 Å². The number of carboxylic acid groups (broad SMARTS) is 1. The molecule has 1 fully saturated rings. The van der Waals surface area contributed by atoms with Crippen LogP contribution in [0, 0.1) is 0 Å². The molecule has 0 unspecified atom stereocenters. The van der Waals surface area contributed by atoms with Crippen LogP contribution in [0.1, 0.15) is 20.8 Å². The molecule has 18 heavy (non-hydrogen) atoms. The smallest absolute Gasteiger partial charge is 0.325 e. The molecule has 3 N–H and O–H groups in total. The maximum absolute atomic E-state index is 11.5. The van der Waals surface area contributed by atoms with Gasteiger partial charge in [-0.15, -0.1) is 0 Å². The van der Waals surface area contributed by atoms with Crippen LogP contribution in [0.25, 0.3) is 0 Å². The van der Waals surface area contributed by atoms with Crippen molar-refractivity contribution in [2.75, 3.05) is 6.54 Å². The number of nitrogens with one attached hydrogen (secondary N) is 2. The van der Waals surface area contributed by atoms with Gasteiger partial charge in [0, 0.05) is 0 Å². The zero-order valence-electron chi connectivity index (χ0n) is 10.3. The number of urea groups is 1. The second-order valence-electron chi connectivity index (χ2n) is 4.53. The average molecular weight is 257 g/mol. The Bertz CT molecular complexity index is 418. The third kappa shape index (κ3) is 2.58. The van der Waals surface area contributed by atoms with Gasteiger partial charge in [0.2, 0.25) is 5.91 Å². The van der Waals surface area contributed by atoms with Crippen LogP contribution in [0.2, 0.25) is 0 Å². The van der Waals surface area contributed by atoms with Crippen LogP contribution in [-0.4, -0.2) is 51.9 Å². The topological polar surface area (TPSA) is 116 Å². The number of amides is 4. The van der Waals surface area contributed by atoms with Gasteiger partial charge in [-0.2, -0.15) is 0 Å². The molecule has 1 aliphatic heterocycles. The highest BCUT2D eigenvalue weighted by atomic mass is 16.4. The average Bonchev–Trinajstić information content (AvgIpc) is 2.41. The molecular weight excluding hydrogens is 242 g/mol. The van der Waals surface area contributed by atoms with Gasteiger partial charge in [-0.25, -0.2) is 4.79 Å².